The molecule has 180 valence electrons. The molecule has 2 aromatic rings. The molecule has 2 aromatic carbocycles. The van der Waals surface area contributed by atoms with E-state index in [2.05, 4.69) is 5.32 Å². The molecular weight excluding hydrogens is 438 g/mol. The van der Waals surface area contributed by atoms with E-state index < -0.39 is 20.5 Å². The highest BCUT2D eigenvalue weighted by Gasteiger charge is 2.52. The maximum absolute atomic E-state index is 13.6. The minimum Gasteiger partial charge on any atom is -0.490 e. The normalized spacial score (nSPS) is 15.3. The van der Waals surface area contributed by atoms with Crippen LogP contribution in [0, 0.1) is 13.8 Å². The Labute approximate surface area is 197 Å². The van der Waals surface area contributed by atoms with Crippen LogP contribution in [0.25, 0.3) is 0 Å². The second-order valence-corrected chi connectivity index (χ2v) is 10.9. The van der Waals surface area contributed by atoms with Crippen LogP contribution in [-0.2, 0) is 21.1 Å². The standard InChI is InChI=1S/C26H35NO5S/c1-5-31-23-12-10-21(18-24(23)32-6-2)13-16-27-25(28)26(14-7-8-15-26)33(29,30)22-11-9-19(3)20(4)17-22/h9-12,17-18H,5-8,13-16H2,1-4H3,(H,27,28). The molecule has 0 radical (unpaired) electrons. The SMILES string of the molecule is CCOc1ccc(CCNC(=O)C2(S(=O)(=O)c3ccc(C)c(C)c3)CCCC2)cc1OCC. The maximum atomic E-state index is 13.6. The number of sulfone groups is 1. The van der Waals surface area contributed by atoms with Crippen LogP contribution in [0.1, 0.15) is 56.2 Å². The molecule has 0 aromatic heterocycles. The van der Waals surface area contributed by atoms with E-state index in [4.69, 9.17) is 9.47 Å². The van der Waals surface area contributed by atoms with E-state index in [1.165, 1.54) is 0 Å². The van der Waals surface area contributed by atoms with Gasteiger partial charge >= 0.3 is 0 Å². The average molecular weight is 474 g/mol. The number of hydrogen-bond acceptors (Lipinski definition) is 5. The minimum atomic E-state index is -3.81. The number of amides is 1. The first-order valence-electron chi connectivity index (χ1n) is 11.7. The first-order valence-corrected chi connectivity index (χ1v) is 13.2. The smallest absolute Gasteiger partial charge is 0.241 e. The molecule has 1 aliphatic carbocycles. The molecule has 1 aliphatic rings. The van der Waals surface area contributed by atoms with Gasteiger partial charge in [0.25, 0.3) is 0 Å². The van der Waals surface area contributed by atoms with Gasteiger partial charge in [-0.05, 0) is 87.9 Å². The predicted molar refractivity (Wildman–Crippen MR) is 130 cm³/mol. The van der Waals surface area contributed by atoms with Gasteiger partial charge in [0.1, 0.15) is 0 Å². The van der Waals surface area contributed by atoms with Crippen LogP contribution in [0.2, 0.25) is 0 Å². The van der Waals surface area contributed by atoms with Gasteiger partial charge in [-0.3, -0.25) is 4.79 Å². The largest absolute Gasteiger partial charge is 0.490 e. The van der Waals surface area contributed by atoms with Crippen molar-refractivity contribution in [1.82, 2.24) is 5.32 Å². The lowest BCUT2D eigenvalue weighted by molar-refractivity contribution is -0.123. The number of rotatable bonds is 10. The van der Waals surface area contributed by atoms with Gasteiger partial charge in [0, 0.05) is 6.54 Å². The molecule has 0 atom stereocenters. The van der Waals surface area contributed by atoms with Crippen LogP contribution < -0.4 is 14.8 Å². The van der Waals surface area contributed by atoms with Crippen LogP contribution in [0.3, 0.4) is 0 Å². The summed E-state index contributed by atoms with van der Waals surface area (Å²) in [5.41, 5.74) is 2.92. The summed E-state index contributed by atoms with van der Waals surface area (Å²) >= 11 is 0. The lowest BCUT2D eigenvalue weighted by Crippen LogP contribution is -2.51. The van der Waals surface area contributed by atoms with Gasteiger partial charge in [-0.15, -0.1) is 0 Å². The molecule has 0 bridgehead atoms. The van der Waals surface area contributed by atoms with E-state index in [9.17, 15) is 13.2 Å². The van der Waals surface area contributed by atoms with Crippen molar-refractivity contribution in [1.29, 1.82) is 0 Å². The van der Waals surface area contributed by atoms with Crippen molar-refractivity contribution in [2.75, 3.05) is 19.8 Å². The zero-order valence-corrected chi connectivity index (χ0v) is 20.9. The Balaban J connectivity index is 1.75. The van der Waals surface area contributed by atoms with Gasteiger partial charge in [0.2, 0.25) is 5.91 Å². The summed E-state index contributed by atoms with van der Waals surface area (Å²) in [5.74, 6) is 0.971. The molecule has 6 nitrogen and oxygen atoms in total. The predicted octanol–water partition coefficient (Wildman–Crippen LogP) is 4.55. The zero-order valence-electron chi connectivity index (χ0n) is 20.1. The number of nitrogens with one attached hydrogen (secondary N) is 1. The lowest BCUT2D eigenvalue weighted by Gasteiger charge is -2.28. The van der Waals surface area contributed by atoms with Crippen LogP contribution in [0.5, 0.6) is 11.5 Å². The third kappa shape index (κ3) is 5.18. The Hall–Kier alpha value is -2.54. The summed E-state index contributed by atoms with van der Waals surface area (Å²) in [6, 6.07) is 10.8. The highest BCUT2D eigenvalue weighted by atomic mass is 32.2. The lowest BCUT2D eigenvalue weighted by atomic mass is 10.1. The summed E-state index contributed by atoms with van der Waals surface area (Å²) < 4.78 is 37.1. The first kappa shape index (κ1) is 25.1. The summed E-state index contributed by atoms with van der Waals surface area (Å²) in [4.78, 5) is 13.5. The van der Waals surface area contributed by atoms with Crippen LogP contribution in [-0.4, -0.2) is 38.8 Å². The van der Waals surface area contributed by atoms with Gasteiger partial charge in [0.15, 0.2) is 26.1 Å². The minimum absolute atomic E-state index is 0.232. The van der Waals surface area contributed by atoms with Crippen molar-refractivity contribution in [3.8, 4) is 11.5 Å². The fourth-order valence-electron chi connectivity index (χ4n) is 4.40. The number of carbonyl (C=O) groups is 1. The Kier molecular flexibility index (Phi) is 8.05. The second-order valence-electron chi connectivity index (χ2n) is 8.60. The molecule has 3 rings (SSSR count). The van der Waals surface area contributed by atoms with Crippen LogP contribution in [0.15, 0.2) is 41.3 Å². The molecule has 33 heavy (non-hydrogen) atoms. The summed E-state index contributed by atoms with van der Waals surface area (Å²) in [6.45, 7) is 9.10. The fourth-order valence-corrected chi connectivity index (χ4v) is 6.58. The Bertz CT molecular complexity index is 1090. The van der Waals surface area contributed by atoms with E-state index in [0.717, 1.165) is 29.5 Å². The quantitative estimate of drug-likeness (QED) is 0.548. The van der Waals surface area contributed by atoms with Gasteiger partial charge in [-0.1, -0.05) is 25.0 Å². The van der Waals surface area contributed by atoms with Crippen molar-refractivity contribution < 1.29 is 22.7 Å². The molecule has 0 spiro atoms. The number of carbonyl (C=O) groups excluding carboxylic acids is 1. The highest BCUT2D eigenvalue weighted by Crippen LogP contribution is 2.41. The molecule has 0 saturated heterocycles. The van der Waals surface area contributed by atoms with Crippen molar-refractivity contribution >= 4 is 15.7 Å². The van der Waals surface area contributed by atoms with Crippen molar-refractivity contribution in [2.24, 2.45) is 0 Å². The monoisotopic (exact) mass is 473 g/mol. The van der Waals surface area contributed by atoms with E-state index in [1.807, 2.05) is 52.0 Å². The third-order valence-corrected chi connectivity index (χ3v) is 8.93. The second kappa shape index (κ2) is 10.6. The highest BCUT2D eigenvalue weighted by molar-refractivity contribution is 7.93. The first-order chi connectivity index (χ1) is 15.7. The fraction of sp³-hybridized carbons (Fsp3) is 0.500. The molecule has 0 unspecified atom stereocenters. The Morgan fingerprint density at radius 1 is 0.939 bits per heavy atom. The maximum Gasteiger partial charge on any atom is 0.241 e. The number of hydrogen-bond donors (Lipinski definition) is 1. The molecule has 1 fully saturated rings. The zero-order chi connectivity index (χ0) is 24.1. The topological polar surface area (TPSA) is 81.7 Å². The number of aryl methyl sites for hydroxylation is 2. The van der Waals surface area contributed by atoms with Crippen molar-refractivity contribution in [3.63, 3.8) is 0 Å². The summed E-state index contributed by atoms with van der Waals surface area (Å²) in [5, 5.41) is 2.92. The van der Waals surface area contributed by atoms with Gasteiger partial charge in [-0.2, -0.15) is 0 Å². The van der Waals surface area contributed by atoms with Crippen molar-refractivity contribution in [2.45, 2.75) is 69.4 Å². The molecule has 1 saturated carbocycles. The van der Waals surface area contributed by atoms with Crippen LogP contribution >= 0.6 is 0 Å². The van der Waals surface area contributed by atoms with E-state index in [0.29, 0.717) is 50.5 Å². The van der Waals surface area contributed by atoms with Gasteiger partial charge in [-0.25, -0.2) is 8.42 Å². The van der Waals surface area contributed by atoms with E-state index in [-0.39, 0.29) is 4.90 Å². The summed E-state index contributed by atoms with van der Waals surface area (Å²) in [7, 11) is -3.81. The van der Waals surface area contributed by atoms with Gasteiger partial charge < -0.3 is 14.8 Å². The van der Waals surface area contributed by atoms with Gasteiger partial charge in [0.05, 0.1) is 18.1 Å². The molecule has 0 heterocycles. The molecular formula is C26H35NO5S. The average Bonchev–Trinajstić information content (AvgIpc) is 3.29. The van der Waals surface area contributed by atoms with E-state index in [1.54, 1.807) is 12.1 Å². The third-order valence-electron chi connectivity index (χ3n) is 6.44. The number of ether oxygens (including phenoxy) is 2. The van der Waals surface area contributed by atoms with E-state index >= 15 is 0 Å². The number of benzene rings is 2. The molecule has 1 amide bonds. The van der Waals surface area contributed by atoms with Crippen LogP contribution in [0.4, 0.5) is 0 Å². The Morgan fingerprint density at radius 2 is 1.61 bits per heavy atom. The molecule has 0 aliphatic heterocycles. The Morgan fingerprint density at radius 3 is 2.24 bits per heavy atom. The van der Waals surface area contributed by atoms with Crippen molar-refractivity contribution in [3.05, 3.63) is 53.1 Å². The summed E-state index contributed by atoms with van der Waals surface area (Å²) in [6.07, 6.45) is 2.73. The molecule has 1 N–H and O–H groups in total. The molecule has 7 heteroatoms.